The third-order valence-electron chi connectivity index (χ3n) is 5.52. The number of nitriles is 1. The molecule has 0 spiro atoms. The van der Waals surface area contributed by atoms with Gasteiger partial charge in [0, 0.05) is 51.4 Å². The van der Waals surface area contributed by atoms with E-state index in [2.05, 4.69) is 35.2 Å². The van der Waals surface area contributed by atoms with Gasteiger partial charge in [0.25, 0.3) is 0 Å². The molecule has 0 radical (unpaired) electrons. The van der Waals surface area contributed by atoms with Gasteiger partial charge in [0.1, 0.15) is 0 Å². The zero-order valence-corrected chi connectivity index (χ0v) is 15.8. The quantitative estimate of drug-likeness (QED) is 0.846. The molecule has 3 rings (SSSR count). The van der Waals surface area contributed by atoms with Crippen molar-refractivity contribution in [3.8, 4) is 6.07 Å². The van der Waals surface area contributed by atoms with Gasteiger partial charge in [-0.2, -0.15) is 5.26 Å². The fourth-order valence-electron chi connectivity index (χ4n) is 3.38. The van der Waals surface area contributed by atoms with Crippen molar-refractivity contribution in [1.82, 2.24) is 20.0 Å². The zero-order chi connectivity index (χ0) is 18.5. The van der Waals surface area contributed by atoms with E-state index in [1.165, 1.54) is 18.4 Å². The lowest BCUT2D eigenvalue weighted by Crippen LogP contribution is -2.53. The molecular formula is C20H29N5O. The van der Waals surface area contributed by atoms with E-state index in [-0.39, 0.29) is 6.03 Å². The summed E-state index contributed by atoms with van der Waals surface area (Å²) in [4.78, 5) is 19.0. The van der Waals surface area contributed by atoms with Crippen LogP contribution in [0.15, 0.2) is 24.3 Å². The zero-order valence-electron chi connectivity index (χ0n) is 15.8. The second kappa shape index (κ2) is 8.52. The van der Waals surface area contributed by atoms with Crippen LogP contribution in [0.25, 0.3) is 0 Å². The van der Waals surface area contributed by atoms with E-state index in [1.807, 2.05) is 29.2 Å². The Morgan fingerprint density at radius 2 is 1.92 bits per heavy atom. The number of rotatable bonds is 6. The number of carbonyl (C=O) groups is 1. The molecule has 1 aliphatic carbocycles. The van der Waals surface area contributed by atoms with Gasteiger partial charge in [0.2, 0.25) is 0 Å². The van der Waals surface area contributed by atoms with Crippen LogP contribution in [0.2, 0.25) is 0 Å². The molecule has 2 fully saturated rings. The summed E-state index contributed by atoms with van der Waals surface area (Å²) in [5.41, 5.74) is 1.90. The Balaban J connectivity index is 1.38. The highest BCUT2D eigenvalue weighted by Gasteiger charge is 2.29. The van der Waals surface area contributed by atoms with Gasteiger partial charge in [-0.05, 0) is 44.5 Å². The second-order valence-corrected chi connectivity index (χ2v) is 7.50. The fourth-order valence-corrected chi connectivity index (χ4v) is 3.38. The van der Waals surface area contributed by atoms with Gasteiger partial charge in [-0.1, -0.05) is 12.1 Å². The number of hydrogen-bond acceptors (Lipinski definition) is 4. The van der Waals surface area contributed by atoms with E-state index in [0.29, 0.717) is 24.2 Å². The Kier molecular flexibility index (Phi) is 6.12. The number of benzene rings is 1. The molecule has 6 heteroatoms. The highest BCUT2D eigenvalue weighted by atomic mass is 16.2. The van der Waals surface area contributed by atoms with E-state index >= 15 is 0 Å². The first kappa shape index (κ1) is 18.7. The minimum Gasteiger partial charge on any atom is -0.336 e. The molecule has 6 nitrogen and oxygen atoms in total. The average molecular weight is 355 g/mol. The predicted octanol–water partition coefficient (Wildman–Crippen LogP) is 1.87. The molecule has 1 saturated carbocycles. The summed E-state index contributed by atoms with van der Waals surface area (Å²) in [6.07, 6.45) is 2.58. The summed E-state index contributed by atoms with van der Waals surface area (Å²) in [5.74, 6) is 0. The Hall–Kier alpha value is -2.10. The summed E-state index contributed by atoms with van der Waals surface area (Å²) >= 11 is 0. The van der Waals surface area contributed by atoms with Crippen molar-refractivity contribution in [2.45, 2.75) is 38.4 Å². The monoisotopic (exact) mass is 355 g/mol. The summed E-state index contributed by atoms with van der Waals surface area (Å²) < 4.78 is 0. The van der Waals surface area contributed by atoms with Crippen LogP contribution in [0.1, 0.15) is 30.9 Å². The average Bonchev–Trinajstić information content (AvgIpc) is 3.51. The standard InChI is InChI=1S/C20H29N5O/c1-16(23(2)19-7-8-19)14-22-20(26)25-11-9-24(10-12-25)15-18-5-3-17(13-21)4-6-18/h3-6,16,19H,7-12,14-15H2,1-2H3,(H,22,26). The van der Waals surface area contributed by atoms with E-state index < -0.39 is 0 Å². The van der Waals surface area contributed by atoms with Crippen LogP contribution in [0, 0.1) is 11.3 Å². The molecule has 1 aromatic rings. The molecule has 1 atom stereocenters. The molecule has 2 aliphatic rings. The summed E-state index contributed by atoms with van der Waals surface area (Å²) in [6.45, 7) is 7.02. The van der Waals surface area contributed by atoms with Crippen LogP contribution in [0.3, 0.4) is 0 Å². The molecule has 1 aromatic carbocycles. The highest BCUT2D eigenvalue weighted by Crippen LogP contribution is 2.26. The predicted molar refractivity (Wildman–Crippen MR) is 102 cm³/mol. The molecule has 1 saturated heterocycles. The number of nitrogens with zero attached hydrogens (tertiary/aromatic N) is 4. The Morgan fingerprint density at radius 1 is 1.27 bits per heavy atom. The first-order valence-electron chi connectivity index (χ1n) is 9.53. The molecule has 0 aromatic heterocycles. The van der Waals surface area contributed by atoms with Crippen LogP contribution < -0.4 is 5.32 Å². The van der Waals surface area contributed by atoms with Gasteiger partial charge in [-0.25, -0.2) is 4.79 Å². The number of carbonyl (C=O) groups excluding carboxylic acids is 1. The van der Waals surface area contributed by atoms with Crippen molar-refractivity contribution in [1.29, 1.82) is 5.26 Å². The van der Waals surface area contributed by atoms with Crippen molar-refractivity contribution < 1.29 is 4.79 Å². The minimum absolute atomic E-state index is 0.0547. The Morgan fingerprint density at radius 3 is 2.50 bits per heavy atom. The van der Waals surface area contributed by atoms with Gasteiger partial charge in [0.15, 0.2) is 0 Å². The molecule has 1 heterocycles. The maximum atomic E-state index is 12.4. The van der Waals surface area contributed by atoms with E-state index in [4.69, 9.17) is 5.26 Å². The molecule has 0 bridgehead atoms. The van der Waals surface area contributed by atoms with Crippen LogP contribution in [-0.4, -0.2) is 72.6 Å². The number of nitrogens with one attached hydrogen (secondary N) is 1. The number of hydrogen-bond donors (Lipinski definition) is 1. The lowest BCUT2D eigenvalue weighted by atomic mass is 10.1. The largest absolute Gasteiger partial charge is 0.336 e. The number of likely N-dealkylation sites (N-methyl/N-ethyl adjacent to an activating group) is 1. The van der Waals surface area contributed by atoms with Crippen molar-refractivity contribution >= 4 is 6.03 Å². The maximum Gasteiger partial charge on any atom is 0.317 e. The molecule has 1 unspecified atom stereocenters. The smallest absolute Gasteiger partial charge is 0.317 e. The normalized spacial score (nSPS) is 19.2. The maximum absolute atomic E-state index is 12.4. The summed E-state index contributed by atoms with van der Waals surface area (Å²) in [6, 6.07) is 11.0. The second-order valence-electron chi connectivity index (χ2n) is 7.50. The lowest BCUT2D eigenvalue weighted by Gasteiger charge is -2.35. The number of amides is 2. The third-order valence-corrected chi connectivity index (χ3v) is 5.52. The molecular weight excluding hydrogens is 326 g/mol. The van der Waals surface area contributed by atoms with Gasteiger partial charge in [-0.15, -0.1) is 0 Å². The number of piperazine rings is 1. The minimum atomic E-state index is 0.0547. The van der Waals surface area contributed by atoms with Gasteiger partial charge in [0.05, 0.1) is 11.6 Å². The van der Waals surface area contributed by atoms with Crippen LogP contribution in [0.4, 0.5) is 4.79 Å². The van der Waals surface area contributed by atoms with Gasteiger partial charge >= 0.3 is 6.03 Å². The lowest BCUT2D eigenvalue weighted by molar-refractivity contribution is 0.133. The van der Waals surface area contributed by atoms with Gasteiger partial charge in [-0.3, -0.25) is 9.80 Å². The third kappa shape index (κ3) is 4.96. The van der Waals surface area contributed by atoms with Crippen molar-refractivity contribution in [3.05, 3.63) is 35.4 Å². The van der Waals surface area contributed by atoms with Crippen LogP contribution >= 0.6 is 0 Å². The Labute approximate surface area is 156 Å². The first-order chi connectivity index (χ1) is 12.6. The summed E-state index contributed by atoms with van der Waals surface area (Å²) in [7, 11) is 2.15. The Bertz CT molecular complexity index is 641. The highest BCUT2D eigenvalue weighted by molar-refractivity contribution is 5.74. The van der Waals surface area contributed by atoms with Crippen molar-refractivity contribution in [2.24, 2.45) is 0 Å². The summed E-state index contributed by atoms with van der Waals surface area (Å²) in [5, 5.41) is 12.0. The van der Waals surface area contributed by atoms with E-state index in [0.717, 1.165) is 32.7 Å². The fraction of sp³-hybridized carbons (Fsp3) is 0.600. The topological polar surface area (TPSA) is 62.6 Å². The molecule has 2 amide bonds. The van der Waals surface area contributed by atoms with Crippen molar-refractivity contribution in [2.75, 3.05) is 39.8 Å². The molecule has 1 N–H and O–H groups in total. The van der Waals surface area contributed by atoms with E-state index in [9.17, 15) is 4.79 Å². The van der Waals surface area contributed by atoms with Crippen molar-refractivity contribution in [3.63, 3.8) is 0 Å². The molecule has 140 valence electrons. The first-order valence-corrected chi connectivity index (χ1v) is 9.53. The van der Waals surface area contributed by atoms with E-state index in [1.54, 1.807) is 0 Å². The number of urea groups is 1. The van der Waals surface area contributed by atoms with Crippen LogP contribution in [-0.2, 0) is 6.54 Å². The molecule has 1 aliphatic heterocycles. The SMILES string of the molecule is CC(CNC(=O)N1CCN(Cc2ccc(C#N)cc2)CC1)N(C)C1CC1. The van der Waals surface area contributed by atoms with Crippen LogP contribution in [0.5, 0.6) is 0 Å². The molecule has 26 heavy (non-hydrogen) atoms. The van der Waals surface area contributed by atoms with Gasteiger partial charge < -0.3 is 10.2 Å².